The molecule has 0 bridgehead atoms. The highest BCUT2D eigenvalue weighted by Crippen LogP contribution is 2.51. The maximum atomic E-state index is 6.74. The fourth-order valence-corrected chi connectivity index (χ4v) is 4.17. The Labute approximate surface area is 168 Å². The molecule has 2 heterocycles. The normalized spacial score (nSPS) is 29.1. The van der Waals surface area contributed by atoms with E-state index in [0.717, 1.165) is 54.8 Å². The molecule has 4 rings (SSSR count). The van der Waals surface area contributed by atoms with E-state index in [0.29, 0.717) is 11.8 Å². The van der Waals surface area contributed by atoms with Gasteiger partial charge in [-0.2, -0.15) is 5.10 Å². The number of hydrogen-bond acceptors (Lipinski definition) is 3. The standard InChI is InChI=1S/C23H27BN4/c1-17(2)23(24)12-8-9-18(16-23)20-15-21(22-25-13-14-28(22)27-20)26-19-10-6-4-3-5-7-11-19/h3-4,6-7,10-11,13-15,17-18H,5,8-9,12,16H2,1-2H3/b4-3-,10-6?,11-7-,26-19?. The Balaban J connectivity index is 1.73. The average Bonchev–Trinajstić information content (AvgIpc) is 3.12. The molecule has 0 spiro atoms. The highest BCUT2D eigenvalue weighted by Gasteiger charge is 2.35. The molecule has 4 nitrogen and oxygen atoms in total. The Hall–Kier alpha value is -2.43. The van der Waals surface area contributed by atoms with E-state index in [1.165, 1.54) is 0 Å². The Kier molecular flexibility index (Phi) is 5.34. The number of allylic oxidation sites excluding steroid dienone is 6. The second kappa shape index (κ2) is 7.90. The fourth-order valence-electron chi connectivity index (χ4n) is 4.17. The maximum absolute atomic E-state index is 6.74. The molecule has 0 N–H and O–H groups in total. The van der Waals surface area contributed by atoms with Crippen molar-refractivity contribution in [3.05, 3.63) is 60.6 Å². The quantitative estimate of drug-likeness (QED) is 0.668. The van der Waals surface area contributed by atoms with Gasteiger partial charge in [0, 0.05) is 18.3 Å². The van der Waals surface area contributed by atoms with Crippen molar-refractivity contribution >= 4 is 24.9 Å². The lowest BCUT2D eigenvalue weighted by Crippen LogP contribution is -2.27. The van der Waals surface area contributed by atoms with Gasteiger partial charge in [0.2, 0.25) is 0 Å². The number of rotatable bonds is 3. The summed E-state index contributed by atoms with van der Waals surface area (Å²) < 4.78 is 1.85. The van der Waals surface area contributed by atoms with Crippen LogP contribution in [0.15, 0.2) is 59.9 Å². The molecular weight excluding hydrogens is 343 g/mol. The number of hydrogen-bond donors (Lipinski definition) is 0. The summed E-state index contributed by atoms with van der Waals surface area (Å²) in [5.74, 6) is 0.823. The van der Waals surface area contributed by atoms with Crippen molar-refractivity contribution < 1.29 is 0 Å². The van der Waals surface area contributed by atoms with Crippen LogP contribution in [-0.4, -0.2) is 28.2 Å². The van der Waals surface area contributed by atoms with E-state index < -0.39 is 0 Å². The van der Waals surface area contributed by atoms with Crippen LogP contribution in [0.25, 0.3) is 5.65 Å². The monoisotopic (exact) mass is 370 g/mol. The van der Waals surface area contributed by atoms with Gasteiger partial charge in [0.1, 0.15) is 5.69 Å². The molecule has 142 valence electrons. The largest absolute Gasteiger partial charge is 0.245 e. The summed E-state index contributed by atoms with van der Waals surface area (Å²) >= 11 is 0. The zero-order valence-electron chi connectivity index (χ0n) is 16.8. The topological polar surface area (TPSA) is 42.5 Å². The molecule has 0 aliphatic heterocycles. The van der Waals surface area contributed by atoms with Gasteiger partial charge in [-0.05, 0) is 43.4 Å². The zero-order chi connectivity index (χ0) is 19.6. The summed E-state index contributed by atoms with van der Waals surface area (Å²) in [5, 5.41) is 4.74. The predicted octanol–water partition coefficient (Wildman–Crippen LogP) is 5.51. The zero-order valence-corrected chi connectivity index (χ0v) is 16.8. The summed E-state index contributed by atoms with van der Waals surface area (Å²) in [6.45, 7) is 4.46. The Morgan fingerprint density at radius 2 is 2.14 bits per heavy atom. The van der Waals surface area contributed by atoms with Gasteiger partial charge in [0.25, 0.3) is 0 Å². The molecule has 2 radical (unpaired) electrons. The first-order valence-corrected chi connectivity index (χ1v) is 10.3. The average molecular weight is 370 g/mol. The van der Waals surface area contributed by atoms with Crippen molar-refractivity contribution in [3.8, 4) is 0 Å². The summed E-state index contributed by atoms with van der Waals surface area (Å²) in [4.78, 5) is 9.38. The van der Waals surface area contributed by atoms with Gasteiger partial charge in [-0.3, -0.25) is 0 Å². The first-order valence-electron chi connectivity index (χ1n) is 10.3. The molecule has 2 unspecified atom stereocenters. The van der Waals surface area contributed by atoms with E-state index in [1.54, 1.807) is 6.20 Å². The van der Waals surface area contributed by atoms with Gasteiger partial charge in [-0.1, -0.05) is 56.3 Å². The fraction of sp³-hybridized carbons (Fsp3) is 0.435. The van der Waals surface area contributed by atoms with Gasteiger partial charge in [0.15, 0.2) is 5.65 Å². The molecule has 0 amide bonds. The number of fused-ring (bicyclic) bond motifs is 1. The number of imidazole rings is 1. The van der Waals surface area contributed by atoms with Crippen molar-refractivity contribution in [2.75, 3.05) is 0 Å². The SMILES string of the molecule is [B]C1(C(C)C)CCCC(c2cc(N=C3C=C/C=C\C/C=C\3)c3nccn3n2)C1. The molecule has 2 atom stereocenters. The summed E-state index contributed by atoms with van der Waals surface area (Å²) in [7, 11) is 6.74. The van der Waals surface area contributed by atoms with Crippen LogP contribution in [0.4, 0.5) is 5.69 Å². The second-order valence-corrected chi connectivity index (χ2v) is 8.29. The van der Waals surface area contributed by atoms with Gasteiger partial charge in [-0.15, -0.1) is 0 Å². The smallest absolute Gasteiger partial charge is 0.179 e. The van der Waals surface area contributed by atoms with E-state index in [1.807, 2.05) is 22.9 Å². The van der Waals surface area contributed by atoms with Crippen molar-refractivity contribution in [2.45, 2.75) is 57.2 Å². The molecule has 1 saturated carbocycles. The first kappa shape index (κ1) is 18.9. The van der Waals surface area contributed by atoms with Crippen molar-refractivity contribution in [3.63, 3.8) is 0 Å². The minimum absolute atomic E-state index is 0.113. The minimum atomic E-state index is -0.113. The molecule has 5 heteroatoms. The van der Waals surface area contributed by atoms with E-state index in [4.69, 9.17) is 17.9 Å². The summed E-state index contributed by atoms with van der Waals surface area (Å²) in [6.07, 6.45) is 21.3. The van der Waals surface area contributed by atoms with Crippen LogP contribution < -0.4 is 0 Å². The summed E-state index contributed by atoms with van der Waals surface area (Å²) in [5.41, 5.74) is 3.64. The van der Waals surface area contributed by atoms with Crippen molar-refractivity contribution in [1.82, 2.24) is 14.6 Å². The van der Waals surface area contributed by atoms with Crippen LogP contribution in [0, 0.1) is 5.92 Å². The van der Waals surface area contributed by atoms with Crippen LogP contribution >= 0.6 is 0 Å². The van der Waals surface area contributed by atoms with E-state index in [2.05, 4.69) is 49.2 Å². The van der Waals surface area contributed by atoms with Crippen molar-refractivity contribution in [1.29, 1.82) is 0 Å². The molecular formula is C23H27BN4. The Bertz CT molecular complexity index is 966. The minimum Gasteiger partial charge on any atom is -0.245 e. The predicted molar refractivity (Wildman–Crippen MR) is 117 cm³/mol. The molecule has 1 fully saturated rings. The number of aliphatic imine (C=N–C) groups is 1. The number of nitrogens with zero attached hydrogens (tertiary/aromatic N) is 4. The second-order valence-electron chi connectivity index (χ2n) is 8.29. The van der Waals surface area contributed by atoms with Crippen LogP contribution in [0.5, 0.6) is 0 Å². The molecule has 2 aliphatic rings. The van der Waals surface area contributed by atoms with Gasteiger partial charge in [-0.25, -0.2) is 14.5 Å². The third kappa shape index (κ3) is 3.89. The lowest BCUT2D eigenvalue weighted by atomic mass is 9.52. The lowest BCUT2D eigenvalue weighted by Gasteiger charge is -2.41. The van der Waals surface area contributed by atoms with Crippen LogP contribution in [0.1, 0.15) is 57.6 Å². The van der Waals surface area contributed by atoms with Gasteiger partial charge < -0.3 is 0 Å². The van der Waals surface area contributed by atoms with Gasteiger partial charge >= 0.3 is 0 Å². The first-order chi connectivity index (χ1) is 13.5. The molecule has 2 aromatic rings. The van der Waals surface area contributed by atoms with Crippen LogP contribution in [-0.2, 0) is 0 Å². The Morgan fingerprint density at radius 1 is 1.25 bits per heavy atom. The summed E-state index contributed by atoms with van der Waals surface area (Å²) in [6, 6.07) is 2.11. The van der Waals surface area contributed by atoms with Crippen LogP contribution in [0.3, 0.4) is 0 Å². The molecule has 2 aromatic heterocycles. The highest BCUT2D eigenvalue weighted by molar-refractivity contribution is 6.15. The molecule has 2 aliphatic carbocycles. The molecule has 28 heavy (non-hydrogen) atoms. The third-order valence-electron chi connectivity index (χ3n) is 6.07. The van der Waals surface area contributed by atoms with E-state index in [-0.39, 0.29) is 5.31 Å². The number of aromatic nitrogens is 3. The Morgan fingerprint density at radius 3 is 3.00 bits per heavy atom. The van der Waals surface area contributed by atoms with Crippen molar-refractivity contribution in [2.24, 2.45) is 10.9 Å². The van der Waals surface area contributed by atoms with E-state index in [9.17, 15) is 0 Å². The van der Waals surface area contributed by atoms with Crippen LogP contribution in [0.2, 0.25) is 5.31 Å². The maximum Gasteiger partial charge on any atom is 0.179 e. The lowest BCUT2D eigenvalue weighted by molar-refractivity contribution is 0.271. The molecule has 0 saturated heterocycles. The van der Waals surface area contributed by atoms with Gasteiger partial charge in [0.05, 0.1) is 19.3 Å². The highest BCUT2D eigenvalue weighted by atomic mass is 15.3. The third-order valence-corrected chi connectivity index (χ3v) is 6.07. The molecule has 0 aromatic carbocycles. The van der Waals surface area contributed by atoms with E-state index >= 15 is 0 Å².